The standard InChI is InChI=1S/C21H26Cl3NO2/c1-3-5-6-10-25-13-15-11-19(24)21(20(12-15)26-4-2)27-14-16-17(22)8-7-9-18(16)23/h7-9,11-12,25H,3-6,10,13-14H2,1-2H3. The fourth-order valence-corrected chi connectivity index (χ4v) is 3.47. The third kappa shape index (κ3) is 6.76. The van der Waals surface area contributed by atoms with Crippen LogP contribution < -0.4 is 14.8 Å². The molecule has 0 aromatic heterocycles. The molecule has 0 atom stereocenters. The second-order valence-corrected chi connectivity index (χ2v) is 7.43. The Morgan fingerprint density at radius 2 is 1.67 bits per heavy atom. The fraction of sp³-hybridized carbons (Fsp3) is 0.429. The molecule has 0 fully saturated rings. The van der Waals surface area contributed by atoms with E-state index in [4.69, 9.17) is 44.3 Å². The molecule has 2 aromatic carbocycles. The van der Waals surface area contributed by atoms with Crippen molar-refractivity contribution in [2.24, 2.45) is 0 Å². The molecule has 148 valence electrons. The second-order valence-electron chi connectivity index (χ2n) is 6.21. The normalized spacial score (nSPS) is 10.9. The Kier molecular flexibility index (Phi) is 9.57. The van der Waals surface area contributed by atoms with Crippen molar-refractivity contribution >= 4 is 34.8 Å². The van der Waals surface area contributed by atoms with Crippen molar-refractivity contribution in [1.29, 1.82) is 0 Å². The van der Waals surface area contributed by atoms with Crippen LogP contribution in [-0.2, 0) is 13.2 Å². The largest absolute Gasteiger partial charge is 0.490 e. The summed E-state index contributed by atoms with van der Waals surface area (Å²) in [6.07, 6.45) is 3.61. The summed E-state index contributed by atoms with van der Waals surface area (Å²) in [5.41, 5.74) is 1.78. The van der Waals surface area contributed by atoms with Gasteiger partial charge in [0.05, 0.1) is 11.6 Å². The Morgan fingerprint density at radius 3 is 2.33 bits per heavy atom. The van der Waals surface area contributed by atoms with E-state index in [-0.39, 0.29) is 6.61 Å². The number of nitrogens with one attached hydrogen (secondary N) is 1. The van der Waals surface area contributed by atoms with Crippen molar-refractivity contribution in [3.63, 3.8) is 0 Å². The van der Waals surface area contributed by atoms with Gasteiger partial charge in [-0.1, -0.05) is 60.6 Å². The first kappa shape index (κ1) is 22.2. The minimum Gasteiger partial charge on any atom is -0.490 e. The molecule has 6 heteroatoms. The van der Waals surface area contributed by atoms with Crippen LogP contribution in [0.1, 0.15) is 44.2 Å². The lowest BCUT2D eigenvalue weighted by molar-refractivity contribution is 0.269. The molecule has 2 rings (SSSR count). The zero-order valence-corrected chi connectivity index (χ0v) is 18.1. The topological polar surface area (TPSA) is 30.5 Å². The zero-order chi connectivity index (χ0) is 19.6. The van der Waals surface area contributed by atoms with Gasteiger partial charge in [-0.25, -0.2) is 0 Å². The number of benzene rings is 2. The summed E-state index contributed by atoms with van der Waals surface area (Å²) in [5.74, 6) is 1.13. The van der Waals surface area contributed by atoms with Gasteiger partial charge in [-0.3, -0.25) is 0 Å². The monoisotopic (exact) mass is 429 g/mol. The highest BCUT2D eigenvalue weighted by Gasteiger charge is 2.15. The molecule has 0 unspecified atom stereocenters. The number of halogens is 3. The molecule has 0 aliphatic carbocycles. The van der Waals surface area contributed by atoms with E-state index in [2.05, 4.69) is 12.2 Å². The van der Waals surface area contributed by atoms with Gasteiger partial charge in [0.2, 0.25) is 0 Å². The Morgan fingerprint density at radius 1 is 0.926 bits per heavy atom. The highest BCUT2D eigenvalue weighted by molar-refractivity contribution is 6.36. The Balaban J connectivity index is 2.10. The van der Waals surface area contributed by atoms with E-state index in [1.54, 1.807) is 18.2 Å². The summed E-state index contributed by atoms with van der Waals surface area (Å²) in [6.45, 7) is 6.58. The maximum Gasteiger partial charge on any atom is 0.180 e. The van der Waals surface area contributed by atoms with E-state index in [0.717, 1.165) is 24.2 Å². The molecule has 0 aliphatic rings. The van der Waals surface area contributed by atoms with E-state index < -0.39 is 0 Å². The van der Waals surface area contributed by atoms with Gasteiger partial charge in [-0.05, 0) is 49.7 Å². The highest BCUT2D eigenvalue weighted by atomic mass is 35.5. The van der Waals surface area contributed by atoms with Crippen molar-refractivity contribution in [3.8, 4) is 11.5 Å². The number of rotatable bonds is 11. The third-order valence-electron chi connectivity index (χ3n) is 4.08. The average Bonchev–Trinajstić information content (AvgIpc) is 2.63. The molecule has 0 bridgehead atoms. The molecule has 0 heterocycles. The van der Waals surface area contributed by atoms with Crippen LogP contribution in [0.2, 0.25) is 15.1 Å². The van der Waals surface area contributed by atoms with Gasteiger partial charge in [-0.2, -0.15) is 0 Å². The van der Waals surface area contributed by atoms with Crippen LogP contribution >= 0.6 is 34.8 Å². The van der Waals surface area contributed by atoms with Crippen LogP contribution in [0.25, 0.3) is 0 Å². The van der Waals surface area contributed by atoms with Gasteiger partial charge in [0.15, 0.2) is 11.5 Å². The molecule has 0 amide bonds. The lowest BCUT2D eigenvalue weighted by atomic mass is 10.2. The predicted molar refractivity (Wildman–Crippen MR) is 115 cm³/mol. The number of ether oxygens (including phenoxy) is 2. The Bertz CT molecular complexity index is 717. The average molecular weight is 431 g/mol. The van der Waals surface area contributed by atoms with E-state index >= 15 is 0 Å². The van der Waals surface area contributed by atoms with Crippen LogP contribution in [-0.4, -0.2) is 13.2 Å². The molecular weight excluding hydrogens is 405 g/mol. The molecule has 0 saturated heterocycles. The van der Waals surface area contributed by atoms with Gasteiger partial charge in [-0.15, -0.1) is 0 Å². The molecule has 0 aliphatic heterocycles. The minimum absolute atomic E-state index is 0.215. The maximum absolute atomic E-state index is 6.48. The second kappa shape index (κ2) is 11.7. The smallest absolute Gasteiger partial charge is 0.180 e. The quantitative estimate of drug-likeness (QED) is 0.393. The van der Waals surface area contributed by atoms with Crippen molar-refractivity contribution in [1.82, 2.24) is 5.32 Å². The molecule has 27 heavy (non-hydrogen) atoms. The number of hydrogen-bond acceptors (Lipinski definition) is 3. The predicted octanol–water partition coefficient (Wildman–Crippen LogP) is 6.90. The van der Waals surface area contributed by atoms with Gasteiger partial charge >= 0.3 is 0 Å². The van der Waals surface area contributed by atoms with Crippen LogP contribution in [0.4, 0.5) is 0 Å². The van der Waals surface area contributed by atoms with Crippen molar-refractivity contribution in [3.05, 3.63) is 56.5 Å². The molecule has 1 N–H and O–H groups in total. The summed E-state index contributed by atoms with van der Waals surface area (Å²) in [6, 6.07) is 9.23. The molecule has 0 radical (unpaired) electrons. The molecule has 3 nitrogen and oxygen atoms in total. The lowest BCUT2D eigenvalue weighted by Gasteiger charge is -2.16. The van der Waals surface area contributed by atoms with E-state index in [1.807, 2.05) is 19.1 Å². The van der Waals surface area contributed by atoms with Crippen LogP contribution in [0, 0.1) is 0 Å². The Hall–Kier alpha value is -1.13. The van der Waals surface area contributed by atoms with Gasteiger partial charge in [0.25, 0.3) is 0 Å². The van der Waals surface area contributed by atoms with Gasteiger partial charge < -0.3 is 14.8 Å². The third-order valence-corrected chi connectivity index (χ3v) is 5.07. The molecule has 2 aromatic rings. The summed E-state index contributed by atoms with van der Waals surface area (Å²) in [5, 5.41) is 5.06. The maximum atomic E-state index is 6.48. The number of unbranched alkanes of at least 4 members (excludes halogenated alkanes) is 2. The van der Waals surface area contributed by atoms with Crippen LogP contribution in [0.15, 0.2) is 30.3 Å². The first-order chi connectivity index (χ1) is 13.1. The minimum atomic E-state index is 0.215. The van der Waals surface area contributed by atoms with Gasteiger partial charge in [0, 0.05) is 22.2 Å². The molecule has 0 saturated carbocycles. The number of hydrogen-bond donors (Lipinski definition) is 1. The van der Waals surface area contributed by atoms with Crippen LogP contribution in [0.5, 0.6) is 11.5 Å². The SMILES string of the molecule is CCCCCNCc1cc(Cl)c(OCc2c(Cl)cccc2Cl)c(OCC)c1. The molecule has 0 spiro atoms. The summed E-state index contributed by atoms with van der Waals surface area (Å²) >= 11 is 18.9. The Labute approximate surface area is 176 Å². The first-order valence-corrected chi connectivity index (χ1v) is 10.4. The van der Waals surface area contributed by atoms with Crippen molar-refractivity contribution < 1.29 is 9.47 Å². The fourth-order valence-electron chi connectivity index (χ4n) is 2.67. The van der Waals surface area contributed by atoms with E-state index in [9.17, 15) is 0 Å². The van der Waals surface area contributed by atoms with E-state index in [1.165, 1.54) is 19.3 Å². The van der Waals surface area contributed by atoms with Crippen LogP contribution in [0.3, 0.4) is 0 Å². The van der Waals surface area contributed by atoms with Crippen molar-refractivity contribution in [2.45, 2.75) is 46.3 Å². The summed E-state index contributed by atoms with van der Waals surface area (Å²) in [4.78, 5) is 0. The van der Waals surface area contributed by atoms with Crippen molar-refractivity contribution in [2.75, 3.05) is 13.2 Å². The lowest BCUT2D eigenvalue weighted by Crippen LogP contribution is -2.14. The van der Waals surface area contributed by atoms with Gasteiger partial charge in [0.1, 0.15) is 6.61 Å². The summed E-state index contributed by atoms with van der Waals surface area (Å²) < 4.78 is 11.7. The highest BCUT2D eigenvalue weighted by Crippen LogP contribution is 2.38. The summed E-state index contributed by atoms with van der Waals surface area (Å²) in [7, 11) is 0. The molecular formula is C21H26Cl3NO2. The first-order valence-electron chi connectivity index (χ1n) is 9.28. The van der Waals surface area contributed by atoms with E-state index in [0.29, 0.717) is 33.2 Å². The zero-order valence-electron chi connectivity index (χ0n) is 15.8.